The maximum Gasteiger partial charge on any atom is 0.331 e. The van der Waals surface area contributed by atoms with Gasteiger partial charge in [-0.2, -0.15) is 0 Å². The molecule has 0 aromatic carbocycles. The molecule has 0 amide bonds. The van der Waals surface area contributed by atoms with Gasteiger partial charge in [0.1, 0.15) is 18.8 Å². The molecule has 2 rings (SSSR count). The largest absolute Gasteiger partial charge is 0.632 e. The summed E-state index contributed by atoms with van der Waals surface area (Å²) in [5.74, 6) is -0.403. The third-order valence-corrected chi connectivity index (χ3v) is 3.50. The van der Waals surface area contributed by atoms with E-state index in [1.165, 1.54) is 6.08 Å². The maximum atomic E-state index is 12.3. The van der Waals surface area contributed by atoms with Crippen molar-refractivity contribution in [1.29, 1.82) is 0 Å². The van der Waals surface area contributed by atoms with Crippen LogP contribution in [0.25, 0.3) is 0 Å². The summed E-state index contributed by atoms with van der Waals surface area (Å²) in [6, 6.07) is -0.440. The number of ether oxygens (including phenoxy) is 1. The Morgan fingerprint density at radius 3 is 3.06 bits per heavy atom. The fraction of sp³-hybridized carbons (Fsp3) is 0.615. The molecule has 1 saturated heterocycles. The molecule has 0 bridgehead atoms. The Bertz CT molecular complexity index is 411. The number of fused-ring (bicyclic) bond motifs is 1. The molecule has 18 heavy (non-hydrogen) atoms. The smallest absolute Gasteiger partial charge is 0.331 e. The number of nitrogens with zero attached hydrogens (tertiary/aromatic N) is 1. The second-order valence-electron chi connectivity index (χ2n) is 5.27. The van der Waals surface area contributed by atoms with Gasteiger partial charge in [-0.15, -0.1) is 0 Å². The van der Waals surface area contributed by atoms with Gasteiger partial charge in [-0.25, -0.2) is 4.79 Å². The van der Waals surface area contributed by atoms with E-state index >= 15 is 0 Å². The molecular formula is C13H19NO4. The molecule has 0 aliphatic carbocycles. The van der Waals surface area contributed by atoms with Crippen molar-refractivity contribution in [2.45, 2.75) is 32.4 Å². The molecule has 2 heterocycles. The van der Waals surface area contributed by atoms with Gasteiger partial charge < -0.3 is 19.7 Å². The normalized spacial score (nSPS) is 33.9. The van der Waals surface area contributed by atoms with E-state index in [0.717, 1.165) is 11.1 Å². The predicted molar refractivity (Wildman–Crippen MR) is 66.2 cm³/mol. The van der Waals surface area contributed by atoms with Crippen LogP contribution in [0, 0.1) is 5.21 Å². The molecule has 5 nitrogen and oxygen atoms in total. The van der Waals surface area contributed by atoms with Crippen LogP contribution in [0.15, 0.2) is 23.3 Å². The van der Waals surface area contributed by atoms with Gasteiger partial charge in [0.2, 0.25) is 0 Å². The number of quaternary nitrogens is 1. The number of esters is 1. The van der Waals surface area contributed by atoms with Crippen molar-refractivity contribution in [1.82, 2.24) is 0 Å². The summed E-state index contributed by atoms with van der Waals surface area (Å²) in [7, 11) is 0. The third kappa shape index (κ3) is 2.48. The lowest BCUT2D eigenvalue weighted by molar-refractivity contribution is -0.877. The van der Waals surface area contributed by atoms with Gasteiger partial charge in [-0.1, -0.05) is 5.57 Å². The van der Waals surface area contributed by atoms with Crippen LogP contribution in [0.1, 0.15) is 20.3 Å². The van der Waals surface area contributed by atoms with E-state index in [4.69, 9.17) is 4.74 Å². The van der Waals surface area contributed by atoms with Crippen molar-refractivity contribution in [3.63, 3.8) is 0 Å². The number of hydroxylamine groups is 3. The van der Waals surface area contributed by atoms with Crippen LogP contribution < -0.4 is 0 Å². The number of carbonyl (C=O) groups is 1. The average molecular weight is 253 g/mol. The summed E-state index contributed by atoms with van der Waals surface area (Å²) in [4.78, 5) is 11.4. The van der Waals surface area contributed by atoms with Gasteiger partial charge in [0.15, 0.2) is 0 Å². The van der Waals surface area contributed by atoms with Gasteiger partial charge in [0.25, 0.3) is 0 Å². The first-order valence-corrected chi connectivity index (χ1v) is 6.19. The Kier molecular flexibility index (Phi) is 3.56. The van der Waals surface area contributed by atoms with Gasteiger partial charge in [-0.3, -0.25) is 0 Å². The van der Waals surface area contributed by atoms with Crippen LogP contribution in [-0.4, -0.2) is 47.6 Å². The minimum Gasteiger partial charge on any atom is -0.632 e. The highest BCUT2D eigenvalue weighted by Gasteiger charge is 2.47. The van der Waals surface area contributed by atoms with E-state index < -0.39 is 22.8 Å². The first-order chi connectivity index (χ1) is 8.42. The number of aliphatic hydroxyl groups is 1. The Hall–Kier alpha value is -1.17. The van der Waals surface area contributed by atoms with Crippen LogP contribution in [0.2, 0.25) is 0 Å². The number of carbonyl (C=O) groups excluding carboxylic acids is 1. The number of hydrogen-bond donors (Lipinski definition) is 1. The van der Waals surface area contributed by atoms with Gasteiger partial charge in [-0.05, 0) is 19.9 Å². The quantitative estimate of drug-likeness (QED) is 0.266. The van der Waals surface area contributed by atoms with Crippen molar-refractivity contribution in [2.24, 2.45) is 0 Å². The maximum absolute atomic E-state index is 12.3. The van der Waals surface area contributed by atoms with Gasteiger partial charge >= 0.3 is 5.97 Å². The summed E-state index contributed by atoms with van der Waals surface area (Å²) < 4.78 is 4.70. The number of rotatable bonds is 3. The standard InChI is InChI=1S/C13H19NO4/c1-9(2)7-12(16)18-8-10-3-5-14(17)6-4-11(15)13(10)14/h3,7,11,13,15H,4-6,8H2,1-2H3. The summed E-state index contributed by atoms with van der Waals surface area (Å²) in [5.41, 5.74) is 1.63. The highest BCUT2D eigenvalue weighted by atomic mass is 16.6. The Labute approximate surface area is 107 Å². The van der Waals surface area contributed by atoms with Crippen molar-refractivity contribution in [2.75, 3.05) is 19.7 Å². The molecule has 0 spiro atoms. The van der Waals surface area contributed by atoms with Crippen LogP contribution in [0.3, 0.4) is 0 Å². The van der Waals surface area contributed by atoms with Crippen LogP contribution >= 0.6 is 0 Å². The first-order valence-electron chi connectivity index (χ1n) is 6.19. The second-order valence-corrected chi connectivity index (χ2v) is 5.27. The van der Waals surface area contributed by atoms with Gasteiger partial charge in [0.05, 0.1) is 13.1 Å². The molecule has 0 aromatic rings. The molecule has 5 heteroatoms. The topological polar surface area (TPSA) is 69.6 Å². The summed E-state index contributed by atoms with van der Waals surface area (Å²) in [5, 5.41) is 22.1. The molecule has 100 valence electrons. The fourth-order valence-electron chi connectivity index (χ4n) is 2.68. The molecule has 1 N–H and O–H groups in total. The zero-order valence-electron chi connectivity index (χ0n) is 10.8. The van der Waals surface area contributed by atoms with Crippen molar-refractivity contribution >= 4 is 5.97 Å². The van der Waals surface area contributed by atoms with Crippen molar-refractivity contribution in [3.05, 3.63) is 28.5 Å². The van der Waals surface area contributed by atoms with E-state index in [2.05, 4.69) is 0 Å². The third-order valence-electron chi connectivity index (χ3n) is 3.50. The lowest BCUT2D eigenvalue weighted by Gasteiger charge is -2.40. The molecule has 3 atom stereocenters. The minimum absolute atomic E-state index is 0.104. The van der Waals surface area contributed by atoms with E-state index in [0.29, 0.717) is 19.5 Å². The Morgan fingerprint density at radius 1 is 1.67 bits per heavy atom. The van der Waals surface area contributed by atoms with Crippen LogP contribution in [-0.2, 0) is 9.53 Å². The molecule has 2 aliphatic rings. The SMILES string of the molecule is CC(C)=CC(=O)OCC1=CC[N+]2([O-])CCC(O)C12. The first kappa shape index (κ1) is 13.3. The second kappa shape index (κ2) is 4.84. The zero-order chi connectivity index (χ0) is 13.3. The molecule has 3 unspecified atom stereocenters. The van der Waals surface area contributed by atoms with Crippen LogP contribution in [0.4, 0.5) is 0 Å². The van der Waals surface area contributed by atoms with E-state index in [9.17, 15) is 15.1 Å². The van der Waals surface area contributed by atoms with E-state index in [1.807, 2.05) is 13.8 Å². The number of aliphatic hydroxyl groups excluding tert-OH is 1. The average Bonchev–Trinajstić information content (AvgIpc) is 2.74. The van der Waals surface area contributed by atoms with Crippen LogP contribution in [0.5, 0.6) is 0 Å². The molecule has 0 aromatic heterocycles. The molecule has 0 radical (unpaired) electrons. The van der Waals surface area contributed by atoms with E-state index in [1.54, 1.807) is 6.08 Å². The highest BCUT2D eigenvalue weighted by molar-refractivity contribution is 5.82. The zero-order valence-corrected chi connectivity index (χ0v) is 10.8. The van der Waals surface area contributed by atoms with Crippen molar-refractivity contribution < 1.29 is 19.3 Å². The molecule has 2 aliphatic heterocycles. The summed E-state index contributed by atoms with van der Waals surface area (Å²) in [6.07, 6.45) is 3.13. The Balaban J connectivity index is 1.95. The highest BCUT2D eigenvalue weighted by Crippen LogP contribution is 2.35. The summed E-state index contributed by atoms with van der Waals surface area (Å²) in [6.45, 7) is 4.55. The van der Waals surface area contributed by atoms with Crippen molar-refractivity contribution in [3.8, 4) is 0 Å². The number of allylic oxidation sites excluding steroid dienone is 1. The van der Waals surface area contributed by atoms with Gasteiger partial charge in [0, 0.05) is 18.1 Å². The Morgan fingerprint density at radius 2 is 2.39 bits per heavy atom. The fourth-order valence-corrected chi connectivity index (χ4v) is 2.68. The lowest BCUT2D eigenvalue weighted by atomic mass is 10.1. The minimum atomic E-state index is -0.613. The molecule has 1 fully saturated rings. The van der Waals surface area contributed by atoms with E-state index in [-0.39, 0.29) is 6.61 Å². The number of hydrogen-bond acceptors (Lipinski definition) is 4. The predicted octanol–water partition coefficient (Wildman–Crippen LogP) is 0.884. The molecule has 0 saturated carbocycles. The lowest BCUT2D eigenvalue weighted by Crippen LogP contribution is -2.46. The summed E-state index contributed by atoms with van der Waals surface area (Å²) >= 11 is 0. The monoisotopic (exact) mass is 253 g/mol. The molecular weight excluding hydrogens is 234 g/mol.